The van der Waals surface area contributed by atoms with E-state index in [0.717, 1.165) is 11.5 Å². The van der Waals surface area contributed by atoms with Crippen molar-refractivity contribution < 1.29 is 8.92 Å². The van der Waals surface area contributed by atoms with Crippen molar-refractivity contribution in [1.29, 1.82) is 0 Å². The van der Waals surface area contributed by atoms with Gasteiger partial charge in [0.25, 0.3) is 0 Å². The third kappa shape index (κ3) is 2.35. The molecule has 3 heteroatoms. The van der Waals surface area contributed by atoms with Crippen LogP contribution in [0.2, 0.25) is 0 Å². The van der Waals surface area contributed by atoms with E-state index in [1.807, 2.05) is 18.4 Å². The Morgan fingerprint density at radius 1 is 1.45 bits per heavy atom. The van der Waals surface area contributed by atoms with Crippen LogP contribution in [0.3, 0.4) is 0 Å². The van der Waals surface area contributed by atoms with Crippen LogP contribution in [0.25, 0.3) is 0 Å². The van der Waals surface area contributed by atoms with E-state index in [0.29, 0.717) is 0 Å². The van der Waals surface area contributed by atoms with Gasteiger partial charge in [0.05, 0.1) is 19.2 Å². The molecule has 11 heavy (non-hydrogen) atoms. The van der Waals surface area contributed by atoms with Crippen molar-refractivity contribution >= 4 is 12.0 Å². The molecule has 0 bridgehead atoms. The van der Waals surface area contributed by atoms with E-state index in [9.17, 15) is 0 Å². The molecule has 1 aromatic carbocycles. The number of ether oxygens (including phenoxy) is 1. The summed E-state index contributed by atoms with van der Waals surface area (Å²) in [7, 11) is 1.61. The van der Waals surface area contributed by atoms with Gasteiger partial charge in [0, 0.05) is 12.3 Å². The minimum Gasteiger partial charge on any atom is -0.496 e. The van der Waals surface area contributed by atoms with Crippen molar-refractivity contribution in [3.63, 3.8) is 0 Å². The number of hydrogen-bond donors (Lipinski definition) is 0. The van der Waals surface area contributed by atoms with Gasteiger partial charge in [0.1, 0.15) is 11.5 Å². The molecule has 0 aromatic heterocycles. The van der Waals surface area contributed by atoms with E-state index in [1.165, 1.54) is 12.0 Å². The van der Waals surface area contributed by atoms with Gasteiger partial charge in [-0.05, 0) is 18.2 Å². The predicted octanol–water partition coefficient (Wildman–Crippen LogP) is 2.15. The van der Waals surface area contributed by atoms with Crippen molar-refractivity contribution in [3.05, 3.63) is 24.3 Å². The maximum absolute atomic E-state index is 5.14. The smallest absolute Gasteiger partial charge is 0.138 e. The summed E-state index contributed by atoms with van der Waals surface area (Å²) >= 11 is 1.31. The first-order chi connectivity index (χ1) is 5.36. The Balaban J connectivity index is 2.66. The quantitative estimate of drug-likeness (QED) is 0.646. The highest BCUT2D eigenvalue weighted by molar-refractivity contribution is 7.94. The maximum Gasteiger partial charge on any atom is 0.138 e. The number of methoxy groups -OCH3 is 1. The van der Waals surface area contributed by atoms with Crippen LogP contribution in [0.4, 0.5) is 0 Å². The first-order valence-electron chi connectivity index (χ1n) is 3.13. The van der Waals surface area contributed by atoms with E-state index in [1.54, 1.807) is 13.2 Å². The van der Waals surface area contributed by atoms with E-state index in [2.05, 4.69) is 6.07 Å². The first kappa shape index (κ1) is 8.27. The highest BCUT2D eigenvalue weighted by atomic mass is 32.2. The van der Waals surface area contributed by atoms with Crippen molar-refractivity contribution in [2.24, 2.45) is 0 Å². The van der Waals surface area contributed by atoms with Crippen LogP contribution in [0.5, 0.6) is 11.5 Å². The third-order valence-electron chi connectivity index (χ3n) is 1.16. The lowest BCUT2D eigenvalue weighted by Crippen LogP contribution is -1.83. The summed E-state index contributed by atoms with van der Waals surface area (Å²) in [5.41, 5.74) is 0. The Morgan fingerprint density at radius 3 is 2.73 bits per heavy atom. The molecule has 0 aliphatic carbocycles. The van der Waals surface area contributed by atoms with Gasteiger partial charge >= 0.3 is 0 Å². The molecule has 0 heterocycles. The lowest BCUT2D eigenvalue weighted by Gasteiger charge is -2.01. The molecule has 0 amide bonds. The average molecular weight is 169 g/mol. The molecule has 0 aliphatic rings. The Morgan fingerprint density at radius 2 is 2.27 bits per heavy atom. The summed E-state index contributed by atoms with van der Waals surface area (Å²) in [5, 5.41) is 0. The van der Waals surface area contributed by atoms with Gasteiger partial charge in [0.15, 0.2) is 0 Å². The zero-order chi connectivity index (χ0) is 8.10. The molecule has 59 valence electrons. The van der Waals surface area contributed by atoms with E-state index < -0.39 is 0 Å². The number of rotatable bonds is 3. The van der Waals surface area contributed by atoms with E-state index in [-0.39, 0.29) is 0 Å². The van der Waals surface area contributed by atoms with Crippen molar-refractivity contribution in [3.8, 4) is 11.5 Å². The number of hydrogen-bond acceptors (Lipinski definition) is 3. The summed E-state index contributed by atoms with van der Waals surface area (Å²) in [4.78, 5) is 0. The molecule has 0 aliphatic heterocycles. The topological polar surface area (TPSA) is 18.5 Å². The van der Waals surface area contributed by atoms with Gasteiger partial charge in [-0.25, -0.2) is 0 Å². The zero-order valence-corrected chi connectivity index (χ0v) is 7.27. The molecule has 0 spiro atoms. The van der Waals surface area contributed by atoms with Gasteiger partial charge in [-0.3, -0.25) is 0 Å². The lowest BCUT2D eigenvalue weighted by molar-refractivity contribution is 0.413. The molecule has 2 nitrogen and oxygen atoms in total. The van der Waals surface area contributed by atoms with Gasteiger partial charge < -0.3 is 8.92 Å². The summed E-state index contributed by atoms with van der Waals surface area (Å²) in [5.74, 6) is 1.51. The lowest BCUT2D eigenvalue weighted by atomic mass is 10.3. The molecule has 0 fully saturated rings. The Labute approximate surface area is 70.7 Å². The van der Waals surface area contributed by atoms with Crippen LogP contribution >= 0.6 is 12.0 Å². The molecular weight excluding hydrogens is 160 g/mol. The Hall–Kier alpha value is -0.830. The maximum atomic E-state index is 5.14. The Bertz CT molecular complexity index is 208. The fraction of sp³-hybridized carbons (Fsp3) is 0.250. The molecule has 0 unspecified atom stereocenters. The summed E-state index contributed by atoms with van der Waals surface area (Å²) in [6, 6.07) is 8.31. The van der Waals surface area contributed by atoms with E-state index in [4.69, 9.17) is 8.92 Å². The van der Waals surface area contributed by atoms with Crippen LogP contribution < -0.4 is 8.92 Å². The van der Waals surface area contributed by atoms with Crippen LogP contribution in [0.15, 0.2) is 18.2 Å². The van der Waals surface area contributed by atoms with E-state index >= 15 is 0 Å². The second kappa shape index (κ2) is 4.13. The van der Waals surface area contributed by atoms with Crippen LogP contribution in [-0.4, -0.2) is 13.4 Å². The minimum absolute atomic E-state index is 0.721. The number of benzene rings is 1. The van der Waals surface area contributed by atoms with Gasteiger partial charge in [0.2, 0.25) is 0 Å². The second-order valence-corrected chi connectivity index (χ2v) is 2.34. The summed E-state index contributed by atoms with van der Waals surface area (Å²) < 4.78 is 10.1. The highest BCUT2D eigenvalue weighted by Gasteiger charge is 1.93. The molecule has 0 saturated heterocycles. The van der Waals surface area contributed by atoms with Crippen LogP contribution in [0.1, 0.15) is 0 Å². The predicted molar refractivity (Wildman–Crippen MR) is 46.0 cm³/mol. The summed E-state index contributed by atoms with van der Waals surface area (Å²) in [6.07, 6.45) is 1.87. The minimum atomic E-state index is 0.721. The second-order valence-electron chi connectivity index (χ2n) is 1.84. The normalized spacial score (nSPS) is 9.27. The summed E-state index contributed by atoms with van der Waals surface area (Å²) in [6.45, 7) is 0. The fourth-order valence-corrected chi connectivity index (χ4v) is 0.967. The molecule has 0 saturated carbocycles. The van der Waals surface area contributed by atoms with Gasteiger partial charge in [-0.15, -0.1) is 0 Å². The first-order valence-corrected chi connectivity index (χ1v) is 4.28. The Kier molecular flexibility index (Phi) is 3.11. The fourth-order valence-electron chi connectivity index (χ4n) is 0.671. The molecule has 1 rings (SSSR count). The largest absolute Gasteiger partial charge is 0.496 e. The van der Waals surface area contributed by atoms with Gasteiger partial charge in [-0.1, -0.05) is 0 Å². The molecular formula is C8H9O2S. The molecule has 0 atom stereocenters. The van der Waals surface area contributed by atoms with Crippen molar-refractivity contribution in [2.45, 2.75) is 0 Å². The molecule has 1 aromatic rings. The van der Waals surface area contributed by atoms with Crippen molar-refractivity contribution in [2.75, 3.05) is 13.4 Å². The van der Waals surface area contributed by atoms with Gasteiger partial charge in [-0.2, -0.15) is 0 Å². The van der Waals surface area contributed by atoms with Crippen molar-refractivity contribution in [1.82, 2.24) is 0 Å². The molecule has 1 radical (unpaired) electrons. The highest BCUT2D eigenvalue weighted by Crippen LogP contribution is 2.18. The monoisotopic (exact) mass is 169 g/mol. The zero-order valence-electron chi connectivity index (χ0n) is 6.46. The SMILES string of the molecule is COc1[c]cc(OSC)cc1. The third-order valence-corrected chi connectivity index (χ3v) is 1.51. The van der Waals surface area contributed by atoms with Crippen LogP contribution in [0, 0.1) is 6.07 Å². The standard InChI is InChI=1S/C8H9O2S/c1-9-7-3-5-8(6-4-7)10-11-2/h3,5-6H,1-2H3. The van der Waals surface area contributed by atoms with Crippen LogP contribution in [-0.2, 0) is 0 Å². The average Bonchev–Trinajstić information content (AvgIpc) is 2.07. The molecule has 0 N–H and O–H groups in total.